The van der Waals surface area contributed by atoms with Gasteiger partial charge in [-0.1, -0.05) is 52.7 Å². The van der Waals surface area contributed by atoms with Gasteiger partial charge in [0.2, 0.25) is 0 Å². The predicted molar refractivity (Wildman–Crippen MR) is 103 cm³/mol. The van der Waals surface area contributed by atoms with Gasteiger partial charge >= 0.3 is 0 Å². The van der Waals surface area contributed by atoms with Gasteiger partial charge in [0.15, 0.2) is 0 Å². The molecule has 0 amide bonds. The highest BCUT2D eigenvalue weighted by molar-refractivity contribution is 5.82. The van der Waals surface area contributed by atoms with Gasteiger partial charge in [-0.2, -0.15) is 0 Å². The first-order valence-corrected chi connectivity index (χ1v) is 10.2. The summed E-state index contributed by atoms with van der Waals surface area (Å²) in [5.74, 6) is 2.51. The summed E-state index contributed by atoms with van der Waals surface area (Å²) in [6, 6.07) is 6.33. The molecule has 0 saturated heterocycles. The summed E-state index contributed by atoms with van der Waals surface area (Å²) in [6.07, 6.45) is 7.89. The van der Waals surface area contributed by atoms with Crippen molar-refractivity contribution < 1.29 is 9.90 Å². The summed E-state index contributed by atoms with van der Waals surface area (Å²) in [6.45, 7) is 8.69. The fourth-order valence-electron chi connectivity index (χ4n) is 5.47. The summed E-state index contributed by atoms with van der Waals surface area (Å²) in [4.78, 5) is 12.4. The van der Waals surface area contributed by atoms with E-state index < -0.39 is 0 Å². The van der Waals surface area contributed by atoms with Crippen LogP contribution < -0.4 is 0 Å². The molecule has 1 aromatic carbocycles. The molecule has 2 aliphatic rings. The number of carbonyl (C=O) groups excluding carboxylic acids is 1. The monoisotopic (exact) mass is 342 g/mol. The molecule has 2 atom stereocenters. The first-order chi connectivity index (χ1) is 11.8. The molecule has 2 unspecified atom stereocenters. The maximum atomic E-state index is 12.4. The molecule has 2 fully saturated rings. The molecule has 2 saturated carbocycles. The van der Waals surface area contributed by atoms with Gasteiger partial charge in [0.25, 0.3) is 0 Å². The van der Waals surface area contributed by atoms with Gasteiger partial charge in [-0.25, -0.2) is 0 Å². The van der Waals surface area contributed by atoms with Crippen LogP contribution in [-0.4, -0.2) is 10.9 Å². The minimum atomic E-state index is 0.213. The van der Waals surface area contributed by atoms with Crippen molar-refractivity contribution in [3.8, 4) is 5.75 Å². The molecule has 3 rings (SSSR count). The van der Waals surface area contributed by atoms with Crippen molar-refractivity contribution in [3.05, 3.63) is 29.3 Å². The van der Waals surface area contributed by atoms with Gasteiger partial charge in [0.05, 0.1) is 0 Å². The van der Waals surface area contributed by atoms with Crippen LogP contribution in [0.1, 0.15) is 89.7 Å². The Morgan fingerprint density at radius 1 is 1.12 bits per heavy atom. The summed E-state index contributed by atoms with van der Waals surface area (Å²) in [7, 11) is 0. The summed E-state index contributed by atoms with van der Waals surface area (Å²) in [5, 5.41) is 10.2. The van der Waals surface area contributed by atoms with Crippen LogP contribution in [0.15, 0.2) is 18.2 Å². The first kappa shape index (κ1) is 18.5. The third kappa shape index (κ3) is 3.37. The van der Waals surface area contributed by atoms with Crippen molar-refractivity contribution >= 4 is 5.78 Å². The fourth-order valence-corrected chi connectivity index (χ4v) is 5.47. The average Bonchev–Trinajstić information content (AvgIpc) is 3.06. The van der Waals surface area contributed by atoms with Crippen LogP contribution in [0.25, 0.3) is 0 Å². The highest BCUT2D eigenvalue weighted by atomic mass is 16.3. The number of benzene rings is 1. The van der Waals surface area contributed by atoms with Crippen molar-refractivity contribution in [1.82, 2.24) is 0 Å². The van der Waals surface area contributed by atoms with E-state index in [1.807, 2.05) is 6.07 Å². The second-order valence-electron chi connectivity index (χ2n) is 9.08. The molecule has 0 radical (unpaired) electrons. The van der Waals surface area contributed by atoms with Crippen LogP contribution in [0.4, 0.5) is 0 Å². The van der Waals surface area contributed by atoms with E-state index in [9.17, 15) is 9.90 Å². The van der Waals surface area contributed by atoms with E-state index in [1.54, 1.807) is 0 Å². The molecule has 0 spiro atoms. The van der Waals surface area contributed by atoms with Crippen LogP contribution in [0.5, 0.6) is 5.75 Å². The number of Topliss-reactive ketones (excluding diaryl/α,β-unsaturated/α-hetero) is 1. The second-order valence-corrected chi connectivity index (χ2v) is 9.08. The van der Waals surface area contributed by atoms with Crippen molar-refractivity contribution in [1.29, 1.82) is 0 Å². The fraction of sp³-hybridized carbons (Fsp3) is 0.696. The number of aromatic hydroxyl groups is 1. The zero-order valence-electron chi connectivity index (χ0n) is 16.3. The van der Waals surface area contributed by atoms with E-state index in [4.69, 9.17) is 0 Å². The number of hydrogen-bond donors (Lipinski definition) is 1. The molecule has 0 aromatic heterocycles. The summed E-state index contributed by atoms with van der Waals surface area (Å²) < 4.78 is 0. The SMILES string of the molecule is CC(C)c1cc(C2(C3CCC(=O)C(C(C)C)C3)CCCC2)ccc1O. The lowest BCUT2D eigenvalue weighted by atomic mass is 9.60. The Kier molecular flexibility index (Phi) is 5.27. The van der Waals surface area contributed by atoms with Crippen molar-refractivity contribution in [3.63, 3.8) is 0 Å². The quantitative estimate of drug-likeness (QED) is 0.732. The van der Waals surface area contributed by atoms with Gasteiger partial charge in [0, 0.05) is 12.3 Å². The minimum Gasteiger partial charge on any atom is -0.508 e. The largest absolute Gasteiger partial charge is 0.508 e. The zero-order chi connectivity index (χ0) is 18.2. The van der Waals surface area contributed by atoms with Gasteiger partial charge in [-0.3, -0.25) is 4.79 Å². The molecule has 0 heterocycles. The topological polar surface area (TPSA) is 37.3 Å². The number of rotatable bonds is 4. The molecule has 1 N–H and O–H groups in total. The number of carbonyl (C=O) groups is 1. The molecule has 2 heteroatoms. The molecular weight excluding hydrogens is 308 g/mol. The average molecular weight is 343 g/mol. The van der Waals surface area contributed by atoms with E-state index >= 15 is 0 Å². The van der Waals surface area contributed by atoms with E-state index in [-0.39, 0.29) is 11.3 Å². The highest BCUT2D eigenvalue weighted by Gasteiger charge is 2.46. The van der Waals surface area contributed by atoms with E-state index in [0.717, 1.165) is 24.8 Å². The number of hydrogen-bond acceptors (Lipinski definition) is 2. The Labute approximate surface area is 153 Å². The first-order valence-electron chi connectivity index (χ1n) is 10.2. The molecule has 2 nitrogen and oxygen atoms in total. The number of phenolic OH excluding ortho intramolecular Hbond substituents is 1. The Morgan fingerprint density at radius 3 is 2.40 bits per heavy atom. The van der Waals surface area contributed by atoms with Crippen molar-refractivity contribution in [2.75, 3.05) is 0 Å². The number of phenols is 1. The maximum absolute atomic E-state index is 12.4. The van der Waals surface area contributed by atoms with Crippen LogP contribution in [0, 0.1) is 17.8 Å². The Bertz CT molecular complexity index is 623. The number of ketones is 1. The third-order valence-corrected chi connectivity index (χ3v) is 7.00. The maximum Gasteiger partial charge on any atom is 0.136 e. The molecule has 1 aromatic rings. The lowest BCUT2D eigenvalue weighted by Crippen LogP contribution is -2.40. The molecular formula is C23H34O2. The van der Waals surface area contributed by atoms with Gasteiger partial charge in [-0.05, 0) is 66.0 Å². The van der Waals surface area contributed by atoms with Crippen LogP contribution in [0.3, 0.4) is 0 Å². The Morgan fingerprint density at radius 2 is 1.80 bits per heavy atom. The van der Waals surface area contributed by atoms with E-state index in [0.29, 0.717) is 29.3 Å². The van der Waals surface area contributed by atoms with Gasteiger partial charge in [-0.15, -0.1) is 0 Å². The second kappa shape index (κ2) is 7.13. The molecule has 138 valence electrons. The lowest BCUT2D eigenvalue weighted by molar-refractivity contribution is -0.127. The van der Waals surface area contributed by atoms with Crippen LogP contribution in [-0.2, 0) is 10.2 Å². The van der Waals surface area contributed by atoms with Crippen molar-refractivity contribution in [2.45, 2.75) is 84.0 Å². The normalized spacial score (nSPS) is 26.6. The molecule has 0 bridgehead atoms. The third-order valence-electron chi connectivity index (χ3n) is 7.00. The molecule has 2 aliphatic carbocycles. The Hall–Kier alpha value is -1.31. The van der Waals surface area contributed by atoms with E-state index in [1.165, 1.54) is 31.2 Å². The summed E-state index contributed by atoms with van der Waals surface area (Å²) in [5.41, 5.74) is 2.69. The zero-order valence-corrected chi connectivity index (χ0v) is 16.3. The molecule has 25 heavy (non-hydrogen) atoms. The Balaban J connectivity index is 1.97. The van der Waals surface area contributed by atoms with Gasteiger partial charge < -0.3 is 5.11 Å². The smallest absolute Gasteiger partial charge is 0.136 e. The summed E-state index contributed by atoms with van der Waals surface area (Å²) >= 11 is 0. The van der Waals surface area contributed by atoms with Crippen LogP contribution >= 0.6 is 0 Å². The van der Waals surface area contributed by atoms with Crippen LogP contribution in [0.2, 0.25) is 0 Å². The van der Waals surface area contributed by atoms with Gasteiger partial charge in [0.1, 0.15) is 11.5 Å². The lowest BCUT2D eigenvalue weighted by Gasteiger charge is -2.43. The highest BCUT2D eigenvalue weighted by Crippen LogP contribution is 2.53. The minimum absolute atomic E-state index is 0.213. The standard InChI is InChI=1S/C23H34O2/c1-15(2)19-13-17(7-9-21(19)24)23(11-5-6-12-23)18-8-10-22(25)20(14-18)16(3)4/h7,9,13,15-16,18,20,24H,5-6,8,10-12,14H2,1-4H3. The predicted octanol–water partition coefficient (Wildman–Crippen LogP) is 5.97. The van der Waals surface area contributed by atoms with E-state index in [2.05, 4.69) is 39.8 Å². The van der Waals surface area contributed by atoms with Crippen molar-refractivity contribution in [2.24, 2.45) is 17.8 Å². The molecule has 0 aliphatic heterocycles.